The molecule has 1 amide bonds. The molecular weight excluding hydrogens is 352 g/mol. The van der Waals surface area contributed by atoms with Crippen LogP contribution in [0.4, 0.5) is 0 Å². The number of rotatable bonds is 8. The maximum absolute atomic E-state index is 12.5. The number of carbonyl (C=O) groups is 1. The predicted octanol–water partition coefficient (Wildman–Crippen LogP) is 3.59. The number of methoxy groups -OCH3 is 2. The van der Waals surface area contributed by atoms with Crippen LogP contribution in [0.25, 0.3) is 0 Å². The van der Waals surface area contributed by atoms with Crippen molar-refractivity contribution in [1.29, 1.82) is 0 Å². The van der Waals surface area contributed by atoms with Crippen molar-refractivity contribution in [1.82, 2.24) is 10.2 Å². The zero-order valence-electron chi connectivity index (χ0n) is 16.8. The lowest BCUT2D eigenvalue weighted by atomic mass is 10.0. The summed E-state index contributed by atoms with van der Waals surface area (Å²) in [5.41, 5.74) is 2.11. The van der Waals surface area contributed by atoms with Crippen molar-refractivity contribution >= 4 is 5.91 Å². The van der Waals surface area contributed by atoms with Gasteiger partial charge in [0.25, 0.3) is 0 Å². The second kappa shape index (κ2) is 10.1. The molecule has 2 aromatic rings. The number of nitrogens with zero attached hydrogens (tertiary/aromatic N) is 1. The van der Waals surface area contributed by atoms with Gasteiger partial charge >= 0.3 is 0 Å². The Morgan fingerprint density at radius 1 is 1.00 bits per heavy atom. The Morgan fingerprint density at radius 3 is 2.39 bits per heavy atom. The van der Waals surface area contributed by atoms with E-state index in [0.717, 1.165) is 35.7 Å². The SMILES string of the molecule is COc1ccc(CC(=O)NCC(c2ccccc2OC)N2CCCCC2)cc1. The molecule has 0 saturated carbocycles. The molecular formula is C23H30N2O3. The van der Waals surface area contributed by atoms with Crippen LogP contribution >= 0.6 is 0 Å². The molecule has 0 bridgehead atoms. The van der Waals surface area contributed by atoms with Crippen molar-refractivity contribution < 1.29 is 14.3 Å². The van der Waals surface area contributed by atoms with Crippen molar-refractivity contribution in [2.24, 2.45) is 0 Å². The van der Waals surface area contributed by atoms with Crippen molar-refractivity contribution in [2.45, 2.75) is 31.7 Å². The van der Waals surface area contributed by atoms with Crippen LogP contribution in [0.1, 0.15) is 36.4 Å². The summed E-state index contributed by atoms with van der Waals surface area (Å²) in [6.07, 6.45) is 4.04. The Bertz CT molecular complexity index is 755. The van der Waals surface area contributed by atoms with Crippen LogP contribution in [0.15, 0.2) is 48.5 Å². The number of hydrogen-bond acceptors (Lipinski definition) is 4. The fourth-order valence-electron chi connectivity index (χ4n) is 3.81. The van der Waals surface area contributed by atoms with Gasteiger partial charge in [0.05, 0.1) is 26.7 Å². The molecule has 0 radical (unpaired) electrons. The van der Waals surface area contributed by atoms with Crippen molar-refractivity contribution in [3.05, 3.63) is 59.7 Å². The molecule has 1 aliphatic rings. The van der Waals surface area contributed by atoms with Gasteiger partial charge in [-0.25, -0.2) is 0 Å². The number of hydrogen-bond donors (Lipinski definition) is 1. The zero-order chi connectivity index (χ0) is 19.8. The zero-order valence-corrected chi connectivity index (χ0v) is 16.8. The minimum Gasteiger partial charge on any atom is -0.497 e. The maximum Gasteiger partial charge on any atom is 0.224 e. The fourth-order valence-corrected chi connectivity index (χ4v) is 3.81. The summed E-state index contributed by atoms with van der Waals surface area (Å²) in [5, 5.41) is 3.14. The van der Waals surface area contributed by atoms with E-state index < -0.39 is 0 Å². The third-order valence-corrected chi connectivity index (χ3v) is 5.35. The highest BCUT2D eigenvalue weighted by molar-refractivity contribution is 5.78. The van der Waals surface area contributed by atoms with Crippen LogP contribution in [0.3, 0.4) is 0 Å². The molecule has 2 aromatic carbocycles. The molecule has 150 valence electrons. The van der Waals surface area contributed by atoms with Gasteiger partial charge in [-0.05, 0) is 49.7 Å². The number of carbonyl (C=O) groups excluding carboxylic acids is 1. The molecule has 5 heteroatoms. The second-order valence-corrected chi connectivity index (χ2v) is 7.18. The lowest BCUT2D eigenvalue weighted by molar-refractivity contribution is -0.120. The molecule has 1 atom stereocenters. The van der Waals surface area contributed by atoms with E-state index in [1.807, 2.05) is 42.5 Å². The number of amides is 1. The van der Waals surface area contributed by atoms with E-state index in [2.05, 4.69) is 16.3 Å². The average Bonchev–Trinajstić information content (AvgIpc) is 2.75. The number of likely N-dealkylation sites (tertiary alicyclic amines) is 1. The summed E-state index contributed by atoms with van der Waals surface area (Å²) in [5.74, 6) is 1.70. The Hall–Kier alpha value is -2.53. The topological polar surface area (TPSA) is 50.8 Å². The summed E-state index contributed by atoms with van der Waals surface area (Å²) in [7, 11) is 3.34. The lowest BCUT2D eigenvalue weighted by Crippen LogP contribution is -2.41. The first-order valence-corrected chi connectivity index (χ1v) is 9.98. The lowest BCUT2D eigenvalue weighted by Gasteiger charge is -2.35. The van der Waals surface area contributed by atoms with Crippen LogP contribution in [0, 0.1) is 0 Å². The molecule has 0 spiro atoms. The first-order valence-electron chi connectivity index (χ1n) is 9.98. The summed E-state index contributed by atoms with van der Waals surface area (Å²) < 4.78 is 10.8. The Labute approximate surface area is 167 Å². The molecule has 1 saturated heterocycles. The molecule has 0 aromatic heterocycles. The number of benzene rings is 2. The monoisotopic (exact) mass is 382 g/mol. The van der Waals surface area contributed by atoms with E-state index in [1.165, 1.54) is 19.3 Å². The standard InChI is InChI=1S/C23H30N2O3/c1-27-19-12-10-18(11-13-19)16-23(26)24-17-21(25-14-6-3-7-15-25)20-8-4-5-9-22(20)28-2/h4-5,8-13,21H,3,6-7,14-17H2,1-2H3,(H,24,26). The molecule has 1 aliphatic heterocycles. The van der Waals surface area contributed by atoms with Crippen LogP contribution < -0.4 is 14.8 Å². The van der Waals surface area contributed by atoms with Crippen molar-refractivity contribution in [2.75, 3.05) is 33.9 Å². The van der Waals surface area contributed by atoms with Gasteiger partial charge in [-0.2, -0.15) is 0 Å². The number of ether oxygens (including phenoxy) is 2. The van der Waals surface area contributed by atoms with Gasteiger partial charge in [-0.3, -0.25) is 9.69 Å². The van der Waals surface area contributed by atoms with Crippen LogP contribution in [-0.2, 0) is 11.2 Å². The molecule has 1 N–H and O–H groups in total. The van der Waals surface area contributed by atoms with Gasteiger partial charge in [0.2, 0.25) is 5.91 Å². The summed E-state index contributed by atoms with van der Waals surface area (Å²) >= 11 is 0. The van der Waals surface area contributed by atoms with Crippen LogP contribution in [-0.4, -0.2) is 44.7 Å². The third kappa shape index (κ3) is 5.26. The van der Waals surface area contributed by atoms with Gasteiger partial charge in [-0.15, -0.1) is 0 Å². The van der Waals surface area contributed by atoms with E-state index in [1.54, 1.807) is 14.2 Å². The highest BCUT2D eigenvalue weighted by Gasteiger charge is 2.25. The highest BCUT2D eigenvalue weighted by atomic mass is 16.5. The third-order valence-electron chi connectivity index (χ3n) is 5.35. The number of para-hydroxylation sites is 1. The van der Waals surface area contributed by atoms with Gasteiger partial charge < -0.3 is 14.8 Å². The quantitative estimate of drug-likeness (QED) is 0.758. The summed E-state index contributed by atoms with van der Waals surface area (Å²) in [6, 6.07) is 15.9. The van der Waals surface area contributed by atoms with Crippen molar-refractivity contribution in [3.8, 4) is 11.5 Å². The minimum absolute atomic E-state index is 0.0297. The van der Waals surface area contributed by atoms with E-state index in [9.17, 15) is 4.79 Å². The molecule has 0 aliphatic carbocycles. The first-order chi connectivity index (χ1) is 13.7. The fraction of sp³-hybridized carbons (Fsp3) is 0.435. The molecule has 3 rings (SSSR count). The molecule has 1 fully saturated rings. The smallest absolute Gasteiger partial charge is 0.224 e. The molecule has 5 nitrogen and oxygen atoms in total. The van der Waals surface area contributed by atoms with Gasteiger partial charge in [0.15, 0.2) is 0 Å². The van der Waals surface area contributed by atoms with Gasteiger partial charge in [0.1, 0.15) is 11.5 Å². The molecule has 28 heavy (non-hydrogen) atoms. The molecule has 1 unspecified atom stereocenters. The number of piperidine rings is 1. The Balaban J connectivity index is 1.67. The van der Waals surface area contributed by atoms with E-state index >= 15 is 0 Å². The maximum atomic E-state index is 12.5. The normalized spacial score (nSPS) is 15.6. The summed E-state index contributed by atoms with van der Waals surface area (Å²) in [4.78, 5) is 15.0. The van der Waals surface area contributed by atoms with Gasteiger partial charge in [0, 0.05) is 12.1 Å². The van der Waals surface area contributed by atoms with Crippen LogP contribution in [0.2, 0.25) is 0 Å². The van der Waals surface area contributed by atoms with E-state index in [0.29, 0.717) is 13.0 Å². The Morgan fingerprint density at radius 2 is 1.71 bits per heavy atom. The van der Waals surface area contributed by atoms with Gasteiger partial charge in [-0.1, -0.05) is 36.8 Å². The molecule has 1 heterocycles. The minimum atomic E-state index is 0.0297. The van der Waals surface area contributed by atoms with Crippen molar-refractivity contribution in [3.63, 3.8) is 0 Å². The largest absolute Gasteiger partial charge is 0.497 e. The Kier molecular flexibility index (Phi) is 7.31. The van der Waals surface area contributed by atoms with Crippen LogP contribution in [0.5, 0.6) is 11.5 Å². The van der Waals surface area contributed by atoms with E-state index in [4.69, 9.17) is 9.47 Å². The second-order valence-electron chi connectivity index (χ2n) is 7.18. The first kappa shape index (κ1) is 20.2. The average molecular weight is 383 g/mol. The summed E-state index contributed by atoms with van der Waals surface area (Å²) in [6.45, 7) is 2.68. The number of nitrogens with one attached hydrogen (secondary N) is 1. The predicted molar refractivity (Wildman–Crippen MR) is 111 cm³/mol. The highest BCUT2D eigenvalue weighted by Crippen LogP contribution is 2.30. The van der Waals surface area contributed by atoms with E-state index in [-0.39, 0.29) is 11.9 Å².